The molecule has 1 atom stereocenters. The SMILES string of the molecule is Cc1cccc(CS(=O)(=O)c2ncc(CN(C[C@H]3CCCO3)C(=O)c3ccccc3)n2C2CCCCC2)c1. The molecule has 0 bridgehead atoms. The predicted octanol–water partition coefficient (Wildman–Crippen LogP) is 5.49. The molecule has 0 unspecified atom stereocenters. The quantitative estimate of drug-likeness (QED) is 0.362. The van der Waals surface area contributed by atoms with Crippen LogP contribution in [-0.4, -0.2) is 48.0 Å². The van der Waals surface area contributed by atoms with Gasteiger partial charge in [0.25, 0.3) is 5.91 Å². The molecule has 7 nitrogen and oxygen atoms in total. The number of imidazole rings is 1. The predicted molar refractivity (Wildman–Crippen MR) is 147 cm³/mol. The third-order valence-electron chi connectivity index (χ3n) is 7.61. The van der Waals surface area contributed by atoms with Crippen molar-refractivity contribution in [3.05, 3.63) is 83.2 Å². The van der Waals surface area contributed by atoms with E-state index in [1.54, 1.807) is 11.1 Å². The second-order valence-electron chi connectivity index (χ2n) is 10.6. The van der Waals surface area contributed by atoms with Gasteiger partial charge in [-0.25, -0.2) is 13.4 Å². The van der Waals surface area contributed by atoms with E-state index in [1.165, 1.54) is 0 Å². The first-order valence-corrected chi connectivity index (χ1v) is 15.4. The van der Waals surface area contributed by atoms with Gasteiger partial charge in [0.05, 0.1) is 30.3 Å². The van der Waals surface area contributed by atoms with Gasteiger partial charge in [-0.2, -0.15) is 0 Å². The van der Waals surface area contributed by atoms with Crippen LogP contribution in [0.25, 0.3) is 0 Å². The highest BCUT2D eigenvalue weighted by atomic mass is 32.2. The van der Waals surface area contributed by atoms with E-state index in [4.69, 9.17) is 4.74 Å². The number of ether oxygens (including phenoxy) is 1. The Balaban J connectivity index is 1.49. The molecular formula is C30H37N3O4S. The van der Waals surface area contributed by atoms with Crippen molar-refractivity contribution in [1.29, 1.82) is 0 Å². The normalized spacial score (nSPS) is 18.5. The molecule has 1 aliphatic heterocycles. The molecule has 202 valence electrons. The first kappa shape index (κ1) is 26.6. The summed E-state index contributed by atoms with van der Waals surface area (Å²) in [4.78, 5) is 19.9. The maximum absolute atomic E-state index is 13.7. The average molecular weight is 536 g/mol. The van der Waals surface area contributed by atoms with Gasteiger partial charge >= 0.3 is 0 Å². The molecule has 5 rings (SSSR count). The largest absolute Gasteiger partial charge is 0.376 e. The van der Waals surface area contributed by atoms with Crippen LogP contribution in [0.1, 0.15) is 78.2 Å². The number of carbonyl (C=O) groups is 1. The number of carbonyl (C=O) groups excluding carboxylic acids is 1. The molecule has 1 aromatic heterocycles. The highest BCUT2D eigenvalue weighted by molar-refractivity contribution is 7.90. The van der Waals surface area contributed by atoms with Gasteiger partial charge in [-0.1, -0.05) is 67.3 Å². The van der Waals surface area contributed by atoms with Crippen molar-refractivity contribution >= 4 is 15.7 Å². The van der Waals surface area contributed by atoms with Gasteiger partial charge in [0, 0.05) is 24.8 Å². The highest BCUT2D eigenvalue weighted by Crippen LogP contribution is 2.33. The van der Waals surface area contributed by atoms with Gasteiger partial charge in [0.2, 0.25) is 15.0 Å². The molecular weight excluding hydrogens is 498 g/mol. The Bertz CT molecular complexity index is 1340. The van der Waals surface area contributed by atoms with E-state index < -0.39 is 9.84 Å². The zero-order valence-electron chi connectivity index (χ0n) is 22.1. The second kappa shape index (κ2) is 11.8. The summed E-state index contributed by atoms with van der Waals surface area (Å²) in [6.07, 6.45) is 8.64. The molecule has 1 saturated heterocycles. The van der Waals surface area contributed by atoms with Gasteiger partial charge in [-0.05, 0) is 50.3 Å². The van der Waals surface area contributed by atoms with E-state index >= 15 is 0 Å². The number of hydrogen-bond acceptors (Lipinski definition) is 5. The molecule has 3 aromatic rings. The molecule has 1 amide bonds. The summed E-state index contributed by atoms with van der Waals surface area (Å²) in [5.41, 5.74) is 3.16. The van der Waals surface area contributed by atoms with Crippen molar-refractivity contribution in [2.45, 2.75) is 81.5 Å². The second-order valence-corrected chi connectivity index (χ2v) is 12.5. The summed E-state index contributed by atoms with van der Waals surface area (Å²) in [6, 6.07) is 16.9. The lowest BCUT2D eigenvalue weighted by Crippen LogP contribution is -2.38. The highest BCUT2D eigenvalue weighted by Gasteiger charge is 2.31. The minimum absolute atomic E-state index is 0.0155. The Kier molecular flexibility index (Phi) is 8.29. The van der Waals surface area contributed by atoms with Crippen LogP contribution in [0.2, 0.25) is 0 Å². The molecule has 1 saturated carbocycles. The van der Waals surface area contributed by atoms with E-state index in [0.29, 0.717) is 18.7 Å². The van der Waals surface area contributed by atoms with Crippen molar-refractivity contribution in [2.24, 2.45) is 0 Å². The van der Waals surface area contributed by atoms with Gasteiger partial charge < -0.3 is 14.2 Å². The van der Waals surface area contributed by atoms with E-state index in [9.17, 15) is 13.2 Å². The van der Waals surface area contributed by atoms with Crippen LogP contribution in [0.3, 0.4) is 0 Å². The van der Waals surface area contributed by atoms with E-state index in [1.807, 2.05) is 66.1 Å². The number of benzene rings is 2. The molecule has 0 spiro atoms. The number of aryl methyl sites for hydroxylation is 1. The van der Waals surface area contributed by atoms with E-state index in [0.717, 1.165) is 61.8 Å². The Morgan fingerprint density at radius 3 is 2.53 bits per heavy atom. The first-order valence-electron chi connectivity index (χ1n) is 13.7. The zero-order valence-corrected chi connectivity index (χ0v) is 22.9. The maximum Gasteiger partial charge on any atom is 0.254 e. The lowest BCUT2D eigenvalue weighted by molar-refractivity contribution is 0.0499. The number of amides is 1. The fourth-order valence-corrected chi connectivity index (χ4v) is 7.28. The van der Waals surface area contributed by atoms with Crippen LogP contribution >= 0.6 is 0 Å². The van der Waals surface area contributed by atoms with Gasteiger partial charge in [-0.3, -0.25) is 4.79 Å². The standard InChI is InChI=1S/C30H37N3O4S/c1-23-10-8-11-24(18-23)22-38(35,36)30-31-19-27(33(30)26-14-6-3-7-15-26)20-32(21-28-16-9-17-37-28)29(34)25-12-4-2-5-13-25/h2,4-5,8,10-13,18-19,26,28H,3,6-7,9,14-17,20-22H2,1H3/t28-/m1/s1. The van der Waals surface area contributed by atoms with E-state index in [-0.39, 0.29) is 35.5 Å². The summed E-state index contributed by atoms with van der Waals surface area (Å²) in [7, 11) is -3.70. The molecule has 1 aliphatic carbocycles. The molecule has 2 heterocycles. The minimum atomic E-state index is -3.70. The molecule has 38 heavy (non-hydrogen) atoms. The third-order valence-corrected chi connectivity index (χ3v) is 9.18. The fourth-order valence-electron chi connectivity index (χ4n) is 5.75. The Morgan fingerprint density at radius 2 is 1.82 bits per heavy atom. The van der Waals surface area contributed by atoms with Gasteiger partial charge in [0.15, 0.2) is 0 Å². The number of rotatable bonds is 9. The monoisotopic (exact) mass is 535 g/mol. The maximum atomic E-state index is 13.7. The number of sulfone groups is 1. The molecule has 0 N–H and O–H groups in total. The molecule has 2 fully saturated rings. The summed E-state index contributed by atoms with van der Waals surface area (Å²) < 4.78 is 35.3. The van der Waals surface area contributed by atoms with Crippen molar-refractivity contribution in [3.8, 4) is 0 Å². The van der Waals surface area contributed by atoms with Crippen LogP contribution in [0.4, 0.5) is 0 Å². The lowest BCUT2D eigenvalue weighted by atomic mass is 9.95. The smallest absolute Gasteiger partial charge is 0.254 e. The van der Waals surface area contributed by atoms with Gasteiger partial charge in [0.1, 0.15) is 0 Å². The minimum Gasteiger partial charge on any atom is -0.376 e. The van der Waals surface area contributed by atoms with Crippen molar-refractivity contribution in [2.75, 3.05) is 13.2 Å². The van der Waals surface area contributed by atoms with Crippen molar-refractivity contribution in [3.63, 3.8) is 0 Å². The van der Waals surface area contributed by atoms with E-state index in [2.05, 4.69) is 4.98 Å². The number of hydrogen-bond donors (Lipinski definition) is 0. The fraction of sp³-hybridized carbons (Fsp3) is 0.467. The van der Waals surface area contributed by atoms with Crippen LogP contribution in [-0.2, 0) is 26.9 Å². The summed E-state index contributed by atoms with van der Waals surface area (Å²) in [6.45, 7) is 3.43. The van der Waals surface area contributed by atoms with Crippen LogP contribution in [0.5, 0.6) is 0 Å². The summed E-state index contributed by atoms with van der Waals surface area (Å²) in [5, 5.41) is 0.116. The molecule has 2 aliphatic rings. The topological polar surface area (TPSA) is 81.5 Å². The van der Waals surface area contributed by atoms with Crippen LogP contribution in [0, 0.1) is 6.92 Å². The van der Waals surface area contributed by atoms with Crippen molar-refractivity contribution < 1.29 is 17.9 Å². The Morgan fingerprint density at radius 1 is 1.03 bits per heavy atom. The van der Waals surface area contributed by atoms with Gasteiger partial charge in [-0.15, -0.1) is 0 Å². The Labute approximate surface area is 225 Å². The lowest BCUT2D eigenvalue weighted by Gasteiger charge is -2.30. The molecule has 0 radical (unpaired) electrons. The summed E-state index contributed by atoms with van der Waals surface area (Å²) >= 11 is 0. The van der Waals surface area contributed by atoms with Crippen LogP contribution in [0.15, 0.2) is 66.0 Å². The first-order chi connectivity index (χ1) is 18.4. The third kappa shape index (κ3) is 6.18. The molecule has 2 aromatic carbocycles. The van der Waals surface area contributed by atoms with Crippen molar-refractivity contribution in [1.82, 2.24) is 14.5 Å². The number of nitrogens with zero attached hydrogens (tertiary/aromatic N) is 3. The average Bonchev–Trinajstić information content (AvgIpc) is 3.59. The zero-order chi connectivity index (χ0) is 26.5. The Hall–Kier alpha value is -2.97. The summed E-state index contributed by atoms with van der Waals surface area (Å²) in [5.74, 6) is -0.179. The molecule has 8 heteroatoms. The number of aromatic nitrogens is 2. The van der Waals surface area contributed by atoms with Crippen LogP contribution < -0.4 is 0 Å².